The molecule has 0 amide bonds. The van der Waals surface area contributed by atoms with Crippen molar-refractivity contribution >= 4 is 17.0 Å². The van der Waals surface area contributed by atoms with E-state index in [0.717, 1.165) is 46.9 Å². The number of nitrogen functional groups attached to an aromatic ring is 1. The Labute approximate surface area is 174 Å². The van der Waals surface area contributed by atoms with Crippen LogP contribution < -0.4 is 16.1 Å². The summed E-state index contributed by atoms with van der Waals surface area (Å²) in [4.78, 5) is 14.3. The summed E-state index contributed by atoms with van der Waals surface area (Å²) in [6.45, 7) is 1.85. The van der Waals surface area contributed by atoms with Gasteiger partial charge in [-0.2, -0.15) is 0 Å². The van der Waals surface area contributed by atoms with Gasteiger partial charge in [0.25, 0.3) is 0 Å². The van der Waals surface area contributed by atoms with Gasteiger partial charge >= 0.3 is 0 Å². The van der Waals surface area contributed by atoms with E-state index in [1.165, 1.54) is 12.8 Å². The molecule has 7 nitrogen and oxygen atoms in total. The summed E-state index contributed by atoms with van der Waals surface area (Å²) in [6, 6.07) is 19.2. The fourth-order valence-electron chi connectivity index (χ4n) is 4.70. The smallest absolute Gasteiger partial charge is 0.180 e. The summed E-state index contributed by atoms with van der Waals surface area (Å²) < 4.78 is 2.17. The molecule has 6 rings (SSSR count). The number of rotatable bonds is 3. The maximum atomic E-state index is 6.25. The van der Waals surface area contributed by atoms with Crippen LogP contribution in [0.1, 0.15) is 12.8 Å². The number of piperazine rings is 1. The van der Waals surface area contributed by atoms with E-state index >= 15 is 0 Å². The first-order chi connectivity index (χ1) is 14.8. The van der Waals surface area contributed by atoms with E-state index in [9.17, 15) is 0 Å². The molecule has 2 unspecified atom stereocenters. The molecule has 7 heteroatoms. The number of anilines is 1. The normalized spacial score (nSPS) is 20.7. The fourth-order valence-corrected chi connectivity index (χ4v) is 4.70. The molecule has 0 aliphatic carbocycles. The van der Waals surface area contributed by atoms with Crippen molar-refractivity contribution in [2.45, 2.75) is 24.9 Å². The van der Waals surface area contributed by atoms with E-state index in [1.54, 1.807) is 6.20 Å². The molecule has 150 valence electrons. The largest absolute Gasteiger partial charge is 0.383 e. The molecule has 4 aromatic rings. The lowest BCUT2D eigenvalue weighted by Crippen LogP contribution is -2.55. The average Bonchev–Trinajstić information content (AvgIpc) is 3.33. The van der Waals surface area contributed by atoms with E-state index in [-0.39, 0.29) is 0 Å². The zero-order valence-corrected chi connectivity index (χ0v) is 16.6. The molecular weight excluding hydrogens is 374 g/mol. The van der Waals surface area contributed by atoms with Crippen LogP contribution >= 0.6 is 0 Å². The van der Waals surface area contributed by atoms with E-state index in [0.29, 0.717) is 17.9 Å². The van der Waals surface area contributed by atoms with Crippen molar-refractivity contribution in [1.29, 1.82) is 0 Å². The highest BCUT2D eigenvalue weighted by atomic mass is 15.6. The molecule has 2 saturated heterocycles. The highest BCUT2D eigenvalue weighted by Gasteiger charge is 2.34. The van der Waals surface area contributed by atoms with E-state index in [2.05, 4.69) is 32.1 Å². The molecule has 5 heterocycles. The number of benzene rings is 1. The monoisotopic (exact) mass is 397 g/mol. The highest BCUT2D eigenvalue weighted by molar-refractivity contribution is 5.82. The number of nitrogens with one attached hydrogen (secondary N) is 1. The van der Waals surface area contributed by atoms with Crippen molar-refractivity contribution in [2.75, 3.05) is 23.8 Å². The van der Waals surface area contributed by atoms with Gasteiger partial charge in [0, 0.05) is 23.8 Å². The highest BCUT2D eigenvalue weighted by Crippen LogP contribution is 2.31. The van der Waals surface area contributed by atoms with Crippen LogP contribution in [0.5, 0.6) is 0 Å². The SMILES string of the molecule is Nc1ncccc1-c1nc2ccc(-c3ccccc3)nc2n1N1CC2CCC(C1)N2. The standard InChI is InChI=1S/C23H23N7/c24-21-18(7-4-12-25-21)22-28-20-11-10-19(15-5-2-1-3-6-15)27-23(20)30(22)29-13-16-8-9-17(14-29)26-16/h1-7,10-12,16-17,26H,8-9,13-14H2,(H2,24,25). The first-order valence-electron chi connectivity index (χ1n) is 10.4. The second-order valence-electron chi connectivity index (χ2n) is 8.10. The Morgan fingerprint density at radius 2 is 1.70 bits per heavy atom. The molecule has 30 heavy (non-hydrogen) atoms. The Balaban J connectivity index is 1.57. The van der Waals surface area contributed by atoms with Gasteiger partial charge in [0.05, 0.1) is 24.3 Å². The topological polar surface area (TPSA) is 84.9 Å². The Morgan fingerprint density at radius 1 is 0.900 bits per heavy atom. The first-order valence-corrected chi connectivity index (χ1v) is 10.4. The molecule has 0 saturated carbocycles. The van der Waals surface area contributed by atoms with Crippen LogP contribution in [0.3, 0.4) is 0 Å². The predicted octanol–water partition coefficient (Wildman–Crippen LogP) is 2.81. The summed E-state index contributed by atoms with van der Waals surface area (Å²) >= 11 is 0. The molecule has 2 aliphatic heterocycles. The van der Waals surface area contributed by atoms with Gasteiger partial charge in [-0.1, -0.05) is 30.3 Å². The number of hydrogen-bond donors (Lipinski definition) is 2. The van der Waals surface area contributed by atoms with Gasteiger partial charge in [-0.3, -0.25) is 0 Å². The maximum absolute atomic E-state index is 6.25. The van der Waals surface area contributed by atoms with Gasteiger partial charge in [0.2, 0.25) is 0 Å². The molecule has 2 fully saturated rings. The van der Waals surface area contributed by atoms with E-state index in [4.69, 9.17) is 15.7 Å². The molecule has 2 aliphatic rings. The van der Waals surface area contributed by atoms with Crippen LogP contribution in [0.2, 0.25) is 0 Å². The fraction of sp³-hybridized carbons (Fsp3) is 0.261. The van der Waals surface area contributed by atoms with Crippen molar-refractivity contribution in [1.82, 2.24) is 24.9 Å². The zero-order valence-electron chi connectivity index (χ0n) is 16.6. The number of fused-ring (bicyclic) bond motifs is 3. The lowest BCUT2D eigenvalue weighted by molar-refractivity contribution is 0.409. The molecule has 0 radical (unpaired) electrons. The van der Waals surface area contributed by atoms with Gasteiger partial charge in [-0.05, 0) is 37.1 Å². The number of imidazole rings is 1. The lowest BCUT2D eigenvalue weighted by atomic mass is 10.1. The molecule has 1 aromatic carbocycles. The number of pyridine rings is 2. The third-order valence-electron chi connectivity index (χ3n) is 6.11. The second-order valence-corrected chi connectivity index (χ2v) is 8.10. The van der Waals surface area contributed by atoms with Crippen LogP contribution in [-0.4, -0.2) is 44.8 Å². The number of nitrogens with two attached hydrogens (primary N) is 1. The molecule has 2 atom stereocenters. The maximum Gasteiger partial charge on any atom is 0.180 e. The van der Waals surface area contributed by atoms with Gasteiger partial charge in [-0.15, -0.1) is 0 Å². The average molecular weight is 397 g/mol. The van der Waals surface area contributed by atoms with Gasteiger partial charge in [0.15, 0.2) is 11.5 Å². The summed E-state index contributed by atoms with van der Waals surface area (Å²) in [7, 11) is 0. The number of hydrogen-bond acceptors (Lipinski definition) is 6. The Morgan fingerprint density at radius 3 is 2.47 bits per heavy atom. The quantitative estimate of drug-likeness (QED) is 0.553. The van der Waals surface area contributed by atoms with Crippen LogP contribution in [0.15, 0.2) is 60.8 Å². The minimum atomic E-state index is 0.482. The second kappa shape index (κ2) is 6.81. The zero-order chi connectivity index (χ0) is 20.1. The van der Waals surface area contributed by atoms with Crippen molar-refractivity contribution < 1.29 is 0 Å². The minimum Gasteiger partial charge on any atom is -0.383 e. The van der Waals surface area contributed by atoms with Crippen molar-refractivity contribution in [3.63, 3.8) is 0 Å². The van der Waals surface area contributed by atoms with Crippen molar-refractivity contribution in [3.8, 4) is 22.6 Å². The molecule has 3 aromatic heterocycles. The van der Waals surface area contributed by atoms with Crippen LogP contribution in [0.4, 0.5) is 5.82 Å². The minimum absolute atomic E-state index is 0.482. The lowest BCUT2D eigenvalue weighted by Gasteiger charge is -2.36. The van der Waals surface area contributed by atoms with E-state index in [1.807, 2.05) is 42.5 Å². The van der Waals surface area contributed by atoms with Crippen molar-refractivity contribution in [3.05, 3.63) is 60.8 Å². The van der Waals surface area contributed by atoms with Crippen LogP contribution in [-0.2, 0) is 0 Å². The Hall–Kier alpha value is -3.45. The number of nitrogens with zero attached hydrogens (tertiary/aromatic N) is 5. The summed E-state index contributed by atoms with van der Waals surface area (Å²) in [6.07, 6.45) is 4.13. The molecule has 0 spiro atoms. The van der Waals surface area contributed by atoms with Crippen molar-refractivity contribution in [2.24, 2.45) is 0 Å². The Bertz CT molecular complexity index is 1200. The summed E-state index contributed by atoms with van der Waals surface area (Å²) in [5, 5.41) is 6.08. The first kappa shape index (κ1) is 17.4. The molecule has 2 bridgehead atoms. The van der Waals surface area contributed by atoms with Gasteiger partial charge < -0.3 is 16.1 Å². The van der Waals surface area contributed by atoms with E-state index < -0.39 is 0 Å². The van der Waals surface area contributed by atoms with Gasteiger partial charge in [0.1, 0.15) is 11.3 Å². The third-order valence-corrected chi connectivity index (χ3v) is 6.11. The molecular formula is C23H23N7. The Kier molecular flexibility index (Phi) is 3.95. The number of aromatic nitrogens is 4. The van der Waals surface area contributed by atoms with Crippen LogP contribution in [0.25, 0.3) is 33.8 Å². The summed E-state index contributed by atoms with van der Waals surface area (Å²) in [5.74, 6) is 1.28. The van der Waals surface area contributed by atoms with Crippen LogP contribution in [0, 0.1) is 0 Å². The van der Waals surface area contributed by atoms with Gasteiger partial charge in [-0.25, -0.2) is 19.6 Å². The summed E-state index contributed by atoms with van der Waals surface area (Å²) in [5.41, 5.74) is 10.8. The molecule has 3 N–H and O–H groups in total. The predicted molar refractivity (Wildman–Crippen MR) is 119 cm³/mol. The third kappa shape index (κ3) is 2.81.